The van der Waals surface area contributed by atoms with Gasteiger partial charge in [0.2, 0.25) is 0 Å². The molecule has 2 nitrogen and oxygen atoms in total. The summed E-state index contributed by atoms with van der Waals surface area (Å²) in [6.07, 6.45) is 2.44. The van der Waals surface area contributed by atoms with Crippen LogP contribution in [-0.4, -0.2) is 42.5 Å². The molecule has 0 atom stereocenters. The van der Waals surface area contributed by atoms with Crippen LogP contribution in [-0.2, 0) is 13.0 Å². The summed E-state index contributed by atoms with van der Waals surface area (Å²) in [6.45, 7) is 11.7. The largest absolute Gasteiger partial charge is 0.301 e. The van der Waals surface area contributed by atoms with E-state index in [1.807, 2.05) is 0 Å². The van der Waals surface area contributed by atoms with Gasteiger partial charge in [-0.25, -0.2) is 0 Å². The predicted molar refractivity (Wildman–Crippen MR) is 77.8 cm³/mol. The first kappa shape index (κ1) is 13.6. The number of likely N-dealkylation sites (N-methyl/N-ethyl adjacent to an activating group) is 1. The Labute approximate surface area is 112 Å². The molecule has 100 valence electrons. The van der Waals surface area contributed by atoms with Crippen molar-refractivity contribution in [1.29, 1.82) is 0 Å². The van der Waals surface area contributed by atoms with Gasteiger partial charge in [-0.2, -0.15) is 0 Å². The minimum atomic E-state index is 1.12. The van der Waals surface area contributed by atoms with E-state index in [1.165, 1.54) is 56.7 Å². The standard InChI is InChI=1S/C16H26N2/c1-3-6-15-7-5-8-16(13-15)14-18-11-9-17(4-2)10-12-18/h5,7-8,13H,3-4,6,9-12,14H2,1-2H3. The highest BCUT2D eigenvalue weighted by Crippen LogP contribution is 2.11. The molecule has 0 spiro atoms. The normalized spacial score (nSPS) is 18.1. The Morgan fingerprint density at radius 3 is 2.28 bits per heavy atom. The lowest BCUT2D eigenvalue weighted by Crippen LogP contribution is -2.45. The number of hydrogen-bond donors (Lipinski definition) is 0. The maximum absolute atomic E-state index is 2.58. The van der Waals surface area contributed by atoms with Gasteiger partial charge < -0.3 is 4.90 Å². The quantitative estimate of drug-likeness (QED) is 0.788. The third-order valence-electron chi connectivity index (χ3n) is 3.85. The topological polar surface area (TPSA) is 6.48 Å². The van der Waals surface area contributed by atoms with Gasteiger partial charge in [-0.3, -0.25) is 4.90 Å². The first-order chi connectivity index (χ1) is 8.81. The van der Waals surface area contributed by atoms with Crippen molar-refractivity contribution in [3.8, 4) is 0 Å². The lowest BCUT2D eigenvalue weighted by molar-refractivity contribution is 0.132. The minimum Gasteiger partial charge on any atom is -0.301 e. The number of rotatable bonds is 5. The minimum absolute atomic E-state index is 1.12. The fraction of sp³-hybridized carbons (Fsp3) is 0.625. The summed E-state index contributed by atoms with van der Waals surface area (Å²) < 4.78 is 0. The first-order valence-electron chi connectivity index (χ1n) is 7.34. The van der Waals surface area contributed by atoms with Gasteiger partial charge in [0.25, 0.3) is 0 Å². The van der Waals surface area contributed by atoms with E-state index in [2.05, 4.69) is 47.9 Å². The van der Waals surface area contributed by atoms with Crippen molar-refractivity contribution >= 4 is 0 Å². The van der Waals surface area contributed by atoms with Crippen LogP contribution in [0.25, 0.3) is 0 Å². The zero-order valence-corrected chi connectivity index (χ0v) is 11.9. The van der Waals surface area contributed by atoms with E-state index < -0.39 is 0 Å². The number of aryl methyl sites for hydroxylation is 1. The third-order valence-corrected chi connectivity index (χ3v) is 3.85. The van der Waals surface area contributed by atoms with Crippen molar-refractivity contribution in [2.75, 3.05) is 32.7 Å². The molecular weight excluding hydrogens is 220 g/mol. The van der Waals surface area contributed by atoms with Crippen LogP contribution in [0.5, 0.6) is 0 Å². The number of piperazine rings is 1. The number of benzene rings is 1. The highest BCUT2D eigenvalue weighted by atomic mass is 15.3. The van der Waals surface area contributed by atoms with E-state index in [9.17, 15) is 0 Å². The van der Waals surface area contributed by atoms with Gasteiger partial charge in [-0.05, 0) is 24.1 Å². The molecule has 18 heavy (non-hydrogen) atoms. The molecule has 1 aromatic carbocycles. The van der Waals surface area contributed by atoms with Crippen LogP contribution in [0, 0.1) is 0 Å². The predicted octanol–water partition coefficient (Wildman–Crippen LogP) is 2.78. The fourth-order valence-electron chi connectivity index (χ4n) is 2.69. The lowest BCUT2D eigenvalue weighted by atomic mass is 10.1. The molecule has 2 rings (SSSR count). The Hall–Kier alpha value is -0.860. The second-order valence-corrected chi connectivity index (χ2v) is 5.28. The molecule has 1 aromatic rings. The molecule has 0 aliphatic carbocycles. The average molecular weight is 246 g/mol. The van der Waals surface area contributed by atoms with Crippen LogP contribution in [0.4, 0.5) is 0 Å². The molecule has 0 N–H and O–H groups in total. The Morgan fingerprint density at radius 1 is 0.944 bits per heavy atom. The monoisotopic (exact) mass is 246 g/mol. The third kappa shape index (κ3) is 3.82. The van der Waals surface area contributed by atoms with E-state index in [1.54, 1.807) is 0 Å². The van der Waals surface area contributed by atoms with Gasteiger partial charge in [0.1, 0.15) is 0 Å². The van der Waals surface area contributed by atoms with E-state index >= 15 is 0 Å². The Bertz CT molecular complexity index is 354. The van der Waals surface area contributed by atoms with Crippen LogP contribution in [0.1, 0.15) is 31.4 Å². The fourth-order valence-corrected chi connectivity index (χ4v) is 2.69. The second kappa shape index (κ2) is 6.91. The summed E-state index contributed by atoms with van der Waals surface area (Å²) in [5, 5.41) is 0. The van der Waals surface area contributed by atoms with Crippen molar-refractivity contribution in [3.63, 3.8) is 0 Å². The van der Waals surface area contributed by atoms with Crippen LogP contribution in [0.2, 0.25) is 0 Å². The van der Waals surface area contributed by atoms with E-state index in [0.717, 1.165) is 6.54 Å². The molecule has 0 saturated carbocycles. The molecule has 0 radical (unpaired) electrons. The van der Waals surface area contributed by atoms with Gasteiger partial charge in [0.05, 0.1) is 0 Å². The maximum Gasteiger partial charge on any atom is 0.0234 e. The summed E-state index contributed by atoms with van der Waals surface area (Å²) in [7, 11) is 0. The van der Waals surface area contributed by atoms with Gasteiger partial charge in [0.15, 0.2) is 0 Å². The molecule has 0 unspecified atom stereocenters. The van der Waals surface area contributed by atoms with E-state index in [0.29, 0.717) is 0 Å². The molecule has 0 aromatic heterocycles. The molecule has 0 amide bonds. The molecule has 1 heterocycles. The number of hydrogen-bond acceptors (Lipinski definition) is 2. The molecule has 1 fully saturated rings. The average Bonchev–Trinajstić information content (AvgIpc) is 2.40. The Morgan fingerprint density at radius 2 is 1.61 bits per heavy atom. The van der Waals surface area contributed by atoms with Crippen molar-refractivity contribution in [3.05, 3.63) is 35.4 Å². The zero-order chi connectivity index (χ0) is 12.8. The van der Waals surface area contributed by atoms with Crippen molar-refractivity contribution in [2.45, 2.75) is 33.2 Å². The highest BCUT2D eigenvalue weighted by molar-refractivity contribution is 5.23. The summed E-state index contributed by atoms with van der Waals surface area (Å²) in [4.78, 5) is 5.11. The summed E-state index contributed by atoms with van der Waals surface area (Å²) in [5.41, 5.74) is 2.97. The molecule has 1 saturated heterocycles. The van der Waals surface area contributed by atoms with Crippen molar-refractivity contribution < 1.29 is 0 Å². The van der Waals surface area contributed by atoms with Crippen LogP contribution >= 0.6 is 0 Å². The maximum atomic E-state index is 2.58. The SMILES string of the molecule is CCCc1cccc(CN2CCN(CC)CC2)c1. The number of nitrogens with zero attached hydrogens (tertiary/aromatic N) is 2. The molecule has 1 aliphatic rings. The van der Waals surface area contributed by atoms with Gasteiger partial charge in [0, 0.05) is 32.7 Å². The zero-order valence-electron chi connectivity index (χ0n) is 11.9. The van der Waals surface area contributed by atoms with Gasteiger partial charge in [-0.1, -0.05) is 44.5 Å². The van der Waals surface area contributed by atoms with Gasteiger partial charge >= 0.3 is 0 Å². The smallest absolute Gasteiger partial charge is 0.0234 e. The molecule has 1 aliphatic heterocycles. The van der Waals surface area contributed by atoms with Crippen LogP contribution in [0.3, 0.4) is 0 Å². The lowest BCUT2D eigenvalue weighted by Gasteiger charge is -2.34. The van der Waals surface area contributed by atoms with Crippen molar-refractivity contribution in [2.24, 2.45) is 0 Å². The summed E-state index contributed by atoms with van der Waals surface area (Å²) in [5.74, 6) is 0. The summed E-state index contributed by atoms with van der Waals surface area (Å²) >= 11 is 0. The van der Waals surface area contributed by atoms with Crippen LogP contribution < -0.4 is 0 Å². The van der Waals surface area contributed by atoms with E-state index in [-0.39, 0.29) is 0 Å². The Balaban J connectivity index is 1.87. The Kier molecular flexibility index (Phi) is 5.21. The van der Waals surface area contributed by atoms with Crippen LogP contribution in [0.15, 0.2) is 24.3 Å². The van der Waals surface area contributed by atoms with Crippen molar-refractivity contribution in [1.82, 2.24) is 9.80 Å². The summed E-state index contributed by atoms with van der Waals surface area (Å²) in [6, 6.07) is 9.12. The van der Waals surface area contributed by atoms with E-state index in [4.69, 9.17) is 0 Å². The molecular formula is C16H26N2. The second-order valence-electron chi connectivity index (χ2n) is 5.28. The molecule has 0 bridgehead atoms. The van der Waals surface area contributed by atoms with Gasteiger partial charge in [-0.15, -0.1) is 0 Å². The molecule has 2 heteroatoms. The first-order valence-corrected chi connectivity index (χ1v) is 7.34. The highest BCUT2D eigenvalue weighted by Gasteiger charge is 2.15.